The highest BCUT2D eigenvalue weighted by molar-refractivity contribution is 7.47. The van der Waals surface area contributed by atoms with Gasteiger partial charge >= 0.3 is 19.8 Å². The lowest BCUT2D eigenvalue weighted by Gasteiger charge is -2.24. The largest absolute Gasteiger partial charge is 0.472 e. The Bertz CT molecular complexity index is 1630. The van der Waals surface area contributed by atoms with Crippen LogP contribution in [0.2, 0.25) is 0 Å². The topological polar surface area (TPSA) is 108 Å². The molecule has 0 radical (unpaired) electrons. The van der Waals surface area contributed by atoms with Gasteiger partial charge in [0.05, 0.1) is 27.7 Å². The predicted molar refractivity (Wildman–Crippen MR) is 344 cm³/mol. The van der Waals surface area contributed by atoms with Crippen LogP contribution in [-0.4, -0.2) is 74.9 Å². The van der Waals surface area contributed by atoms with Crippen molar-refractivity contribution in [2.75, 3.05) is 47.5 Å². The van der Waals surface area contributed by atoms with E-state index in [0.29, 0.717) is 23.9 Å². The van der Waals surface area contributed by atoms with Crippen LogP contribution in [-0.2, 0) is 32.7 Å². The SMILES string of the molecule is CC/C=C\C/C=C\C/C=C\C/C=C\C/C=C\C/C=C\C/C=C\CCCC(=O)OC(COC(=O)CCCCCCCCCCCCCCCCCCCCCCCCCCCCCCCCCCC)COP(=O)(O)OCC[N+](C)(C)C. The average molecular weight is 1140 g/mol. The molecule has 80 heavy (non-hydrogen) atoms. The molecule has 0 aromatic carbocycles. The minimum Gasteiger partial charge on any atom is -0.462 e. The van der Waals surface area contributed by atoms with Crippen molar-refractivity contribution in [3.63, 3.8) is 0 Å². The Kier molecular flexibility index (Phi) is 58.6. The fourth-order valence-electron chi connectivity index (χ4n) is 9.36. The van der Waals surface area contributed by atoms with Crippen LogP contribution in [0.1, 0.15) is 296 Å². The first-order chi connectivity index (χ1) is 39.0. The lowest BCUT2D eigenvalue weighted by Crippen LogP contribution is -2.37. The van der Waals surface area contributed by atoms with Crippen molar-refractivity contribution >= 4 is 19.8 Å². The molecule has 0 amide bonds. The fourth-order valence-corrected chi connectivity index (χ4v) is 10.1. The second kappa shape index (κ2) is 60.8. The fraction of sp³-hybridized carbons (Fsp3) is 0.771. The number of phosphoric acid groups is 1. The normalized spacial score (nSPS) is 13.7. The smallest absolute Gasteiger partial charge is 0.462 e. The minimum absolute atomic E-state index is 0.0179. The number of phosphoric ester groups is 1. The summed E-state index contributed by atoms with van der Waals surface area (Å²) in [4.78, 5) is 35.8. The summed E-state index contributed by atoms with van der Waals surface area (Å²) >= 11 is 0. The van der Waals surface area contributed by atoms with Crippen LogP contribution in [0.15, 0.2) is 85.1 Å². The van der Waals surface area contributed by atoms with Crippen LogP contribution >= 0.6 is 7.82 Å². The molecular weight excluding hydrogens is 1010 g/mol. The Morgan fingerprint density at radius 3 is 1.05 bits per heavy atom. The second-order valence-corrected chi connectivity index (χ2v) is 24.9. The van der Waals surface area contributed by atoms with Crippen LogP contribution in [0, 0.1) is 0 Å². The number of quaternary nitrogens is 1. The van der Waals surface area contributed by atoms with Gasteiger partial charge in [-0.1, -0.05) is 304 Å². The molecule has 0 aliphatic rings. The third kappa shape index (κ3) is 64.4. The highest BCUT2D eigenvalue weighted by Gasteiger charge is 2.27. The van der Waals surface area contributed by atoms with Crippen molar-refractivity contribution in [3.05, 3.63) is 85.1 Å². The molecule has 10 heteroatoms. The van der Waals surface area contributed by atoms with Gasteiger partial charge in [-0.3, -0.25) is 18.6 Å². The molecule has 0 fully saturated rings. The summed E-state index contributed by atoms with van der Waals surface area (Å²) in [6, 6.07) is 0. The van der Waals surface area contributed by atoms with Gasteiger partial charge in [0.15, 0.2) is 6.10 Å². The lowest BCUT2D eigenvalue weighted by atomic mass is 10.0. The van der Waals surface area contributed by atoms with E-state index in [4.69, 9.17) is 18.5 Å². The highest BCUT2D eigenvalue weighted by Crippen LogP contribution is 2.43. The quantitative estimate of drug-likeness (QED) is 0.0211. The van der Waals surface area contributed by atoms with Crippen LogP contribution in [0.5, 0.6) is 0 Å². The lowest BCUT2D eigenvalue weighted by molar-refractivity contribution is -0.870. The monoisotopic (exact) mass is 1140 g/mol. The summed E-state index contributed by atoms with van der Waals surface area (Å²) in [6.07, 6.45) is 82.8. The molecule has 0 aliphatic carbocycles. The number of rotatable bonds is 61. The molecule has 0 aliphatic heterocycles. The van der Waals surface area contributed by atoms with Crippen LogP contribution < -0.4 is 0 Å². The van der Waals surface area contributed by atoms with Crippen molar-refractivity contribution < 1.29 is 42.1 Å². The van der Waals surface area contributed by atoms with Crippen LogP contribution in [0.25, 0.3) is 0 Å². The third-order valence-corrected chi connectivity index (χ3v) is 15.4. The van der Waals surface area contributed by atoms with E-state index in [2.05, 4.69) is 98.9 Å². The second-order valence-electron chi connectivity index (χ2n) is 23.5. The van der Waals surface area contributed by atoms with E-state index in [1.54, 1.807) is 0 Å². The van der Waals surface area contributed by atoms with Gasteiger partial charge in [0.1, 0.15) is 19.8 Å². The van der Waals surface area contributed by atoms with Gasteiger partial charge in [0.2, 0.25) is 0 Å². The van der Waals surface area contributed by atoms with E-state index in [0.717, 1.165) is 64.2 Å². The zero-order valence-electron chi connectivity index (χ0n) is 52.8. The average Bonchev–Trinajstić information content (AvgIpc) is 3.42. The van der Waals surface area contributed by atoms with Crippen LogP contribution in [0.4, 0.5) is 0 Å². The number of carbonyl (C=O) groups is 2. The van der Waals surface area contributed by atoms with Crippen molar-refractivity contribution in [2.24, 2.45) is 0 Å². The van der Waals surface area contributed by atoms with Crippen molar-refractivity contribution in [1.29, 1.82) is 0 Å². The van der Waals surface area contributed by atoms with Gasteiger partial charge in [-0.25, -0.2) is 4.57 Å². The standard InChI is InChI=1S/C70H126NO8P/c1-6-8-10-12-14-16-18-20-22-24-26-28-30-31-32-33-34-35-36-37-38-39-41-42-44-46-48-50-52-54-56-58-60-62-69(72)76-66-68(67-78-80(74,75)77-65-64-71(3,4)5)79-70(73)63-61-59-57-55-53-51-49-47-45-43-40-29-27-25-23-21-19-17-15-13-11-9-7-2/h9,11,15,17,21,23,27,29,43,45,49,51,55,57,68H,6-8,10,12-14,16,18-20,22,24-26,28,30-42,44,46-48,50,52-54,56,58-67H2,1-5H3/p+1/b11-9-,17-15-,23-21-,29-27-,45-43-,51-49-,57-55-. The van der Waals surface area contributed by atoms with E-state index in [-0.39, 0.29) is 32.0 Å². The Balaban J connectivity index is 4.08. The molecule has 0 heterocycles. The number of unbranched alkanes of at least 4 members (excludes halogenated alkanes) is 33. The Labute approximate surface area is 494 Å². The third-order valence-electron chi connectivity index (χ3n) is 14.4. The zero-order valence-corrected chi connectivity index (χ0v) is 53.7. The molecule has 0 aromatic rings. The molecule has 0 aromatic heterocycles. The molecule has 0 bridgehead atoms. The summed E-state index contributed by atoms with van der Waals surface area (Å²) in [5.74, 6) is -0.861. The maximum Gasteiger partial charge on any atom is 0.472 e. The van der Waals surface area contributed by atoms with Crippen molar-refractivity contribution in [2.45, 2.75) is 302 Å². The van der Waals surface area contributed by atoms with Gasteiger partial charge in [0.25, 0.3) is 0 Å². The molecule has 0 spiro atoms. The summed E-state index contributed by atoms with van der Waals surface area (Å²) in [5.41, 5.74) is 0. The number of allylic oxidation sites excluding steroid dienone is 14. The number of hydrogen-bond donors (Lipinski definition) is 1. The molecular formula is C70H127NO8P+. The summed E-state index contributed by atoms with van der Waals surface area (Å²) in [6.45, 7) is 4.28. The van der Waals surface area contributed by atoms with Crippen molar-refractivity contribution in [3.8, 4) is 0 Å². The Morgan fingerprint density at radius 1 is 0.400 bits per heavy atom. The molecule has 0 saturated carbocycles. The van der Waals surface area contributed by atoms with Gasteiger partial charge in [-0.2, -0.15) is 0 Å². The number of ether oxygens (including phenoxy) is 2. The molecule has 464 valence electrons. The van der Waals surface area contributed by atoms with E-state index in [9.17, 15) is 19.0 Å². The van der Waals surface area contributed by atoms with E-state index >= 15 is 0 Å². The molecule has 2 atom stereocenters. The maximum atomic E-state index is 12.8. The van der Waals surface area contributed by atoms with E-state index in [1.165, 1.54) is 193 Å². The predicted octanol–water partition coefficient (Wildman–Crippen LogP) is 21.4. The molecule has 2 unspecified atom stereocenters. The maximum absolute atomic E-state index is 12.8. The Morgan fingerprint density at radius 2 is 0.713 bits per heavy atom. The minimum atomic E-state index is -4.41. The van der Waals surface area contributed by atoms with Crippen LogP contribution in [0.3, 0.4) is 0 Å². The molecule has 0 rings (SSSR count). The summed E-state index contributed by atoms with van der Waals surface area (Å²) in [7, 11) is 1.44. The van der Waals surface area contributed by atoms with Gasteiger partial charge < -0.3 is 18.9 Å². The number of carbonyl (C=O) groups excluding carboxylic acids is 2. The first-order valence-corrected chi connectivity index (χ1v) is 34.8. The number of nitrogens with zero attached hydrogens (tertiary/aromatic N) is 1. The van der Waals surface area contributed by atoms with E-state index < -0.39 is 26.5 Å². The van der Waals surface area contributed by atoms with Gasteiger partial charge in [-0.15, -0.1) is 0 Å². The molecule has 9 nitrogen and oxygen atoms in total. The van der Waals surface area contributed by atoms with Gasteiger partial charge in [-0.05, 0) is 64.2 Å². The van der Waals surface area contributed by atoms with Crippen molar-refractivity contribution in [1.82, 2.24) is 0 Å². The van der Waals surface area contributed by atoms with Gasteiger partial charge in [0, 0.05) is 12.8 Å². The zero-order chi connectivity index (χ0) is 58.4. The molecule has 1 N–H and O–H groups in total. The molecule has 0 saturated heterocycles. The number of esters is 2. The summed E-state index contributed by atoms with van der Waals surface area (Å²) < 4.78 is 34.6. The first-order valence-electron chi connectivity index (χ1n) is 33.3. The first kappa shape index (κ1) is 77.2. The Hall–Kier alpha value is -2.81. The van der Waals surface area contributed by atoms with E-state index in [1.807, 2.05) is 21.1 Å². The number of likely N-dealkylation sites (N-methyl/N-ethyl adjacent to an activating group) is 1. The summed E-state index contributed by atoms with van der Waals surface area (Å²) in [5, 5.41) is 0. The number of hydrogen-bond acceptors (Lipinski definition) is 7. The highest BCUT2D eigenvalue weighted by atomic mass is 31.2.